The summed E-state index contributed by atoms with van der Waals surface area (Å²) >= 11 is 1.05. The van der Waals surface area contributed by atoms with Gasteiger partial charge in [0, 0.05) is 17.3 Å². The molecule has 8 nitrogen and oxygen atoms in total. The molecule has 0 saturated heterocycles. The standard InChI is InChI=1S/C18H15FN4O4S/c1-10-5-3-4-6-13(10)17-21-22-18(27-17)28-11(2)16(24)20-12-7-8-14(19)15(9-12)23(25)26/h3-9,11H,1-2H3,(H,20,24)/t11-/m0/s1. The Kier molecular flexibility index (Phi) is 5.69. The molecule has 0 aliphatic carbocycles. The van der Waals surface area contributed by atoms with Crippen LogP contribution < -0.4 is 5.32 Å². The zero-order valence-electron chi connectivity index (χ0n) is 14.9. The molecule has 0 spiro atoms. The number of nitrogens with zero attached hydrogens (tertiary/aromatic N) is 3. The van der Waals surface area contributed by atoms with E-state index in [9.17, 15) is 19.3 Å². The number of amides is 1. The molecule has 0 fully saturated rings. The molecule has 10 heteroatoms. The molecule has 1 heterocycles. The Morgan fingerprint density at radius 1 is 1.29 bits per heavy atom. The fraction of sp³-hybridized carbons (Fsp3) is 0.167. The quantitative estimate of drug-likeness (QED) is 0.373. The topological polar surface area (TPSA) is 111 Å². The Labute approximate surface area is 163 Å². The first-order valence-corrected chi connectivity index (χ1v) is 9.04. The van der Waals surface area contributed by atoms with E-state index in [-0.39, 0.29) is 10.9 Å². The maximum absolute atomic E-state index is 13.4. The van der Waals surface area contributed by atoms with Crippen LogP contribution in [0.3, 0.4) is 0 Å². The molecule has 0 saturated carbocycles. The predicted octanol–water partition coefficient (Wildman–Crippen LogP) is 4.21. The van der Waals surface area contributed by atoms with E-state index in [4.69, 9.17) is 4.42 Å². The van der Waals surface area contributed by atoms with Crippen molar-refractivity contribution in [2.45, 2.75) is 24.3 Å². The second-order valence-electron chi connectivity index (χ2n) is 5.86. The summed E-state index contributed by atoms with van der Waals surface area (Å²) in [5.74, 6) is -1.07. The summed E-state index contributed by atoms with van der Waals surface area (Å²) in [6, 6.07) is 10.7. The van der Waals surface area contributed by atoms with Crippen LogP contribution in [0.1, 0.15) is 12.5 Å². The van der Waals surface area contributed by atoms with E-state index < -0.39 is 27.6 Å². The number of nitro groups is 1. The van der Waals surface area contributed by atoms with E-state index in [2.05, 4.69) is 15.5 Å². The van der Waals surface area contributed by atoms with Crippen molar-refractivity contribution < 1.29 is 18.5 Å². The average molecular weight is 402 g/mol. The first-order chi connectivity index (χ1) is 13.3. The molecule has 28 heavy (non-hydrogen) atoms. The third-order valence-electron chi connectivity index (χ3n) is 3.84. The number of thioether (sulfide) groups is 1. The van der Waals surface area contributed by atoms with Crippen LogP contribution in [-0.2, 0) is 4.79 Å². The molecule has 3 aromatic rings. The lowest BCUT2D eigenvalue weighted by Crippen LogP contribution is -2.22. The molecule has 1 aromatic heterocycles. The Balaban J connectivity index is 1.68. The van der Waals surface area contributed by atoms with Crippen LogP contribution >= 0.6 is 11.8 Å². The van der Waals surface area contributed by atoms with Crippen LogP contribution in [0.5, 0.6) is 0 Å². The smallest absolute Gasteiger partial charge is 0.306 e. The number of benzene rings is 2. The Morgan fingerprint density at radius 3 is 2.75 bits per heavy atom. The van der Waals surface area contributed by atoms with Crippen LogP contribution in [0.4, 0.5) is 15.8 Å². The highest BCUT2D eigenvalue weighted by molar-refractivity contribution is 8.00. The van der Waals surface area contributed by atoms with Crippen molar-refractivity contribution in [3.05, 3.63) is 64.0 Å². The number of nitro benzene ring substituents is 1. The molecular weight excluding hydrogens is 387 g/mol. The highest BCUT2D eigenvalue weighted by atomic mass is 32.2. The Bertz CT molecular complexity index is 1040. The minimum absolute atomic E-state index is 0.122. The van der Waals surface area contributed by atoms with Gasteiger partial charge in [0.2, 0.25) is 17.6 Å². The molecule has 0 aliphatic rings. The van der Waals surface area contributed by atoms with Crippen molar-refractivity contribution >= 4 is 29.0 Å². The van der Waals surface area contributed by atoms with E-state index in [0.717, 1.165) is 35.0 Å². The third kappa shape index (κ3) is 4.34. The van der Waals surface area contributed by atoms with Gasteiger partial charge in [-0.05, 0) is 37.6 Å². The molecule has 3 rings (SSSR count). The van der Waals surface area contributed by atoms with Crippen LogP contribution in [-0.4, -0.2) is 26.3 Å². The molecule has 0 aliphatic heterocycles. The summed E-state index contributed by atoms with van der Waals surface area (Å²) in [5, 5.41) is 20.8. The maximum atomic E-state index is 13.4. The SMILES string of the molecule is Cc1ccccc1-c1nnc(S[C@@H](C)C(=O)Nc2ccc(F)c([N+](=O)[O-])c2)o1. The Hall–Kier alpha value is -3.27. The second-order valence-corrected chi connectivity index (χ2v) is 7.15. The average Bonchev–Trinajstić information content (AvgIpc) is 3.11. The zero-order chi connectivity index (χ0) is 20.3. The molecule has 0 radical (unpaired) electrons. The van der Waals surface area contributed by atoms with Gasteiger partial charge in [-0.2, -0.15) is 4.39 Å². The van der Waals surface area contributed by atoms with Crippen molar-refractivity contribution in [3.8, 4) is 11.5 Å². The zero-order valence-corrected chi connectivity index (χ0v) is 15.7. The fourth-order valence-corrected chi connectivity index (χ4v) is 3.04. The van der Waals surface area contributed by atoms with E-state index in [1.165, 1.54) is 6.07 Å². The molecule has 144 valence electrons. The van der Waals surface area contributed by atoms with Crippen LogP contribution in [0, 0.1) is 22.9 Å². The summed E-state index contributed by atoms with van der Waals surface area (Å²) in [5.41, 5.74) is 1.19. The van der Waals surface area contributed by atoms with Gasteiger partial charge in [0.05, 0.1) is 10.2 Å². The van der Waals surface area contributed by atoms with E-state index in [0.29, 0.717) is 5.89 Å². The molecular formula is C18H15FN4O4S. The van der Waals surface area contributed by atoms with Gasteiger partial charge >= 0.3 is 5.69 Å². The van der Waals surface area contributed by atoms with Gasteiger partial charge in [-0.15, -0.1) is 10.2 Å². The van der Waals surface area contributed by atoms with Crippen molar-refractivity contribution in [2.24, 2.45) is 0 Å². The summed E-state index contributed by atoms with van der Waals surface area (Å²) in [6.07, 6.45) is 0. The lowest BCUT2D eigenvalue weighted by atomic mass is 10.1. The summed E-state index contributed by atoms with van der Waals surface area (Å²) < 4.78 is 19.0. The van der Waals surface area contributed by atoms with Gasteiger partial charge in [-0.3, -0.25) is 14.9 Å². The largest absolute Gasteiger partial charge is 0.411 e. The molecule has 0 bridgehead atoms. The lowest BCUT2D eigenvalue weighted by Gasteiger charge is -2.10. The van der Waals surface area contributed by atoms with Crippen molar-refractivity contribution in [2.75, 3.05) is 5.32 Å². The van der Waals surface area contributed by atoms with Gasteiger partial charge in [0.1, 0.15) is 0 Å². The first-order valence-electron chi connectivity index (χ1n) is 8.16. The van der Waals surface area contributed by atoms with Gasteiger partial charge in [0.15, 0.2) is 0 Å². The number of nitrogens with one attached hydrogen (secondary N) is 1. The number of carbonyl (C=O) groups excluding carboxylic acids is 1. The summed E-state index contributed by atoms with van der Waals surface area (Å²) in [4.78, 5) is 22.3. The maximum Gasteiger partial charge on any atom is 0.306 e. The van der Waals surface area contributed by atoms with Crippen LogP contribution in [0.15, 0.2) is 52.1 Å². The first kappa shape index (κ1) is 19.5. The number of carbonyl (C=O) groups is 1. The number of rotatable bonds is 6. The van der Waals surface area contributed by atoms with Gasteiger partial charge in [-0.1, -0.05) is 30.0 Å². The van der Waals surface area contributed by atoms with Gasteiger partial charge in [-0.25, -0.2) is 0 Å². The summed E-state index contributed by atoms with van der Waals surface area (Å²) in [7, 11) is 0. The van der Waals surface area contributed by atoms with E-state index in [1.807, 2.05) is 31.2 Å². The van der Waals surface area contributed by atoms with E-state index in [1.54, 1.807) is 6.92 Å². The number of aromatic nitrogens is 2. The predicted molar refractivity (Wildman–Crippen MR) is 101 cm³/mol. The number of halogens is 1. The third-order valence-corrected chi connectivity index (χ3v) is 4.77. The number of hydrogen-bond acceptors (Lipinski definition) is 7. The minimum Gasteiger partial charge on any atom is -0.411 e. The Morgan fingerprint density at radius 2 is 2.04 bits per heavy atom. The summed E-state index contributed by atoms with van der Waals surface area (Å²) in [6.45, 7) is 3.54. The van der Waals surface area contributed by atoms with Gasteiger partial charge in [0.25, 0.3) is 5.22 Å². The monoisotopic (exact) mass is 402 g/mol. The van der Waals surface area contributed by atoms with Crippen molar-refractivity contribution in [3.63, 3.8) is 0 Å². The van der Waals surface area contributed by atoms with Crippen molar-refractivity contribution in [1.82, 2.24) is 10.2 Å². The highest BCUT2D eigenvalue weighted by Gasteiger charge is 2.21. The van der Waals surface area contributed by atoms with Crippen LogP contribution in [0.2, 0.25) is 0 Å². The molecule has 0 unspecified atom stereocenters. The number of hydrogen-bond donors (Lipinski definition) is 1. The van der Waals surface area contributed by atoms with Crippen LogP contribution in [0.25, 0.3) is 11.5 Å². The second kappa shape index (κ2) is 8.17. The molecule has 1 atom stereocenters. The molecule has 2 aromatic carbocycles. The fourth-order valence-electron chi connectivity index (χ4n) is 2.36. The molecule has 1 N–H and O–H groups in total. The van der Waals surface area contributed by atoms with Crippen molar-refractivity contribution in [1.29, 1.82) is 0 Å². The van der Waals surface area contributed by atoms with E-state index >= 15 is 0 Å². The number of aryl methyl sites for hydroxylation is 1. The number of anilines is 1. The lowest BCUT2D eigenvalue weighted by molar-refractivity contribution is -0.387. The minimum atomic E-state index is -0.972. The molecule has 1 amide bonds. The van der Waals surface area contributed by atoms with Gasteiger partial charge < -0.3 is 9.73 Å². The normalized spacial score (nSPS) is 11.8. The highest BCUT2D eigenvalue weighted by Crippen LogP contribution is 2.28.